The fraction of sp³-hybridized carbons (Fsp3) is 0.579. The number of rotatable bonds is 7. The van der Waals surface area contributed by atoms with Gasteiger partial charge in [-0.1, -0.05) is 29.8 Å². The highest BCUT2D eigenvalue weighted by Crippen LogP contribution is 2.06. The summed E-state index contributed by atoms with van der Waals surface area (Å²) in [4.78, 5) is 15.7. The Bertz CT molecular complexity index is 565. The predicted molar refractivity (Wildman–Crippen MR) is 103 cm³/mol. The lowest BCUT2D eigenvalue weighted by Crippen LogP contribution is -2.40. The van der Waals surface area contributed by atoms with E-state index in [4.69, 9.17) is 4.74 Å². The molecule has 0 saturated carbocycles. The van der Waals surface area contributed by atoms with Gasteiger partial charge in [0.15, 0.2) is 5.96 Å². The lowest BCUT2D eigenvalue weighted by molar-refractivity contribution is 0.0527. The molecule has 0 aliphatic heterocycles. The topological polar surface area (TPSA) is 74.8 Å². The Morgan fingerprint density at radius 1 is 1.12 bits per heavy atom. The number of nitrogens with zero attached hydrogens (tertiary/aromatic N) is 1. The van der Waals surface area contributed by atoms with Crippen molar-refractivity contribution in [2.45, 2.75) is 46.1 Å². The lowest BCUT2D eigenvalue weighted by Gasteiger charge is -2.19. The summed E-state index contributed by atoms with van der Waals surface area (Å²) in [5.74, 6) is 0.768. The summed E-state index contributed by atoms with van der Waals surface area (Å²) in [5.41, 5.74) is 2.12. The standard InChI is InChI=1S/C19H32N4O2/c1-15-8-6-9-16(14-15)10-13-22-17(20-5)21-11-7-12-23-18(24)25-19(2,3)4/h6,8-9,14H,7,10-13H2,1-5H3,(H,23,24)(H2,20,21,22). The van der Waals surface area contributed by atoms with Gasteiger partial charge in [-0.2, -0.15) is 0 Å². The number of guanidine groups is 1. The summed E-state index contributed by atoms with van der Waals surface area (Å²) in [6.45, 7) is 9.74. The van der Waals surface area contributed by atoms with E-state index in [1.54, 1.807) is 7.05 Å². The maximum Gasteiger partial charge on any atom is 0.407 e. The molecular weight excluding hydrogens is 316 g/mol. The molecule has 1 amide bonds. The molecule has 6 nitrogen and oxygen atoms in total. The molecule has 1 rings (SSSR count). The number of amides is 1. The molecular formula is C19H32N4O2. The quantitative estimate of drug-likeness (QED) is 0.402. The Morgan fingerprint density at radius 3 is 2.44 bits per heavy atom. The smallest absolute Gasteiger partial charge is 0.407 e. The normalized spacial score (nSPS) is 11.8. The first-order valence-electron chi connectivity index (χ1n) is 8.77. The van der Waals surface area contributed by atoms with Gasteiger partial charge in [-0.3, -0.25) is 4.99 Å². The molecule has 1 aromatic rings. The number of aryl methyl sites for hydroxylation is 1. The van der Waals surface area contributed by atoms with Crippen LogP contribution < -0.4 is 16.0 Å². The SMILES string of the molecule is CN=C(NCCCNC(=O)OC(C)(C)C)NCCc1cccc(C)c1. The summed E-state index contributed by atoms with van der Waals surface area (Å²) in [7, 11) is 1.75. The zero-order valence-electron chi connectivity index (χ0n) is 16.1. The van der Waals surface area contributed by atoms with Gasteiger partial charge in [0.05, 0.1) is 0 Å². The third-order valence-electron chi connectivity index (χ3n) is 3.33. The second-order valence-corrected chi connectivity index (χ2v) is 6.95. The molecule has 0 aliphatic rings. The van der Waals surface area contributed by atoms with Crippen LogP contribution in [0.1, 0.15) is 38.3 Å². The molecule has 25 heavy (non-hydrogen) atoms. The minimum Gasteiger partial charge on any atom is -0.444 e. The Balaban J connectivity index is 2.15. The Kier molecular flexibility index (Phi) is 8.81. The van der Waals surface area contributed by atoms with Crippen LogP contribution in [-0.4, -0.2) is 44.3 Å². The van der Waals surface area contributed by atoms with Crippen LogP contribution in [0.3, 0.4) is 0 Å². The highest BCUT2D eigenvalue weighted by Gasteiger charge is 2.15. The van der Waals surface area contributed by atoms with Crippen molar-refractivity contribution in [2.24, 2.45) is 4.99 Å². The first-order valence-corrected chi connectivity index (χ1v) is 8.77. The maximum atomic E-state index is 11.5. The van der Waals surface area contributed by atoms with Crippen molar-refractivity contribution in [1.29, 1.82) is 0 Å². The second-order valence-electron chi connectivity index (χ2n) is 6.95. The zero-order chi connectivity index (χ0) is 18.7. The molecule has 0 atom stereocenters. The van der Waals surface area contributed by atoms with Crippen LogP contribution in [-0.2, 0) is 11.2 Å². The van der Waals surface area contributed by atoms with Gasteiger partial charge in [0.1, 0.15) is 5.60 Å². The molecule has 0 saturated heterocycles. The van der Waals surface area contributed by atoms with Crippen molar-refractivity contribution in [2.75, 3.05) is 26.7 Å². The number of carbonyl (C=O) groups excluding carboxylic acids is 1. The average molecular weight is 348 g/mol. The number of hydrogen-bond acceptors (Lipinski definition) is 3. The van der Waals surface area contributed by atoms with Gasteiger partial charge < -0.3 is 20.7 Å². The molecule has 0 fully saturated rings. The second kappa shape index (κ2) is 10.6. The molecule has 0 spiro atoms. The van der Waals surface area contributed by atoms with Gasteiger partial charge in [-0.05, 0) is 46.1 Å². The van der Waals surface area contributed by atoms with E-state index in [0.717, 1.165) is 31.9 Å². The van der Waals surface area contributed by atoms with Crippen molar-refractivity contribution >= 4 is 12.1 Å². The van der Waals surface area contributed by atoms with Crippen molar-refractivity contribution in [3.63, 3.8) is 0 Å². The summed E-state index contributed by atoms with van der Waals surface area (Å²) in [6.07, 6.45) is 1.36. The van der Waals surface area contributed by atoms with Crippen molar-refractivity contribution < 1.29 is 9.53 Å². The Hall–Kier alpha value is -2.24. The van der Waals surface area contributed by atoms with Gasteiger partial charge in [0, 0.05) is 26.7 Å². The van der Waals surface area contributed by atoms with Gasteiger partial charge in [-0.15, -0.1) is 0 Å². The van der Waals surface area contributed by atoms with Gasteiger partial charge in [0.2, 0.25) is 0 Å². The molecule has 0 bridgehead atoms. The van der Waals surface area contributed by atoms with Gasteiger partial charge in [0.25, 0.3) is 0 Å². The van der Waals surface area contributed by atoms with Crippen LogP contribution >= 0.6 is 0 Å². The molecule has 140 valence electrons. The van der Waals surface area contributed by atoms with Gasteiger partial charge >= 0.3 is 6.09 Å². The molecule has 0 unspecified atom stereocenters. The number of benzene rings is 1. The lowest BCUT2D eigenvalue weighted by atomic mass is 10.1. The van der Waals surface area contributed by atoms with E-state index in [2.05, 4.69) is 52.1 Å². The fourth-order valence-electron chi connectivity index (χ4n) is 2.21. The highest BCUT2D eigenvalue weighted by molar-refractivity contribution is 5.79. The Labute approximate surface area is 151 Å². The van der Waals surface area contributed by atoms with Crippen LogP contribution in [0.15, 0.2) is 29.3 Å². The number of nitrogens with one attached hydrogen (secondary N) is 3. The van der Waals surface area contributed by atoms with E-state index in [1.165, 1.54) is 11.1 Å². The van der Waals surface area contributed by atoms with E-state index in [1.807, 2.05) is 20.8 Å². The zero-order valence-corrected chi connectivity index (χ0v) is 16.1. The minimum atomic E-state index is -0.467. The first kappa shape index (κ1) is 20.8. The summed E-state index contributed by atoms with van der Waals surface area (Å²) >= 11 is 0. The maximum absolute atomic E-state index is 11.5. The van der Waals surface area contributed by atoms with Crippen LogP contribution in [0.4, 0.5) is 4.79 Å². The van der Waals surface area contributed by atoms with Gasteiger partial charge in [-0.25, -0.2) is 4.79 Å². The number of aliphatic imine (C=N–C) groups is 1. The number of alkyl carbamates (subject to hydrolysis) is 1. The monoisotopic (exact) mass is 348 g/mol. The van der Waals surface area contributed by atoms with E-state index in [-0.39, 0.29) is 6.09 Å². The van der Waals surface area contributed by atoms with Crippen molar-refractivity contribution in [1.82, 2.24) is 16.0 Å². The molecule has 0 aromatic heterocycles. The van der Waals surface area contributed by atoms with Crippen LogP contribution in [0.25, 0.3) is 0 Å². The number of ether oxygens (including phenoxy) is 1. The van der Waals surface area contributed by atoms with E-state index in [9.17, 15) is 4.79 Å². The first-order chi connectivity index (χ1) is 11.8. The molecule has 6 heteroatoms. The molecule has 3 N–H and O–H groups in total. The Morgan fingerprint density at radius 2 is 1.80 bits per heavy atom. The van der Waals surface area contributed by atoms with Crippen LogP contribution in [0.5, 0.6) is 0 Å². The third kappa shape index (κ3) is 10.3. The fourth-order valence-corrected chi connectivity index (χ4v) is 2.21. The minimum absolute atomic E-state index is 0.381. The summed E-state index contributed by atoms with van der Waals surface area (Å²) < 4.78 is 5.18. The molecule has 0 aliphatic carbocycles. The third-order valence-corrected chi connectivity index (χ3v) is 3.33. The summed E-state index contributed by atoms with van der Waals surface area (Å²) in [6, 6.07) is 8.51. The van der Waals surface area contributed by atoms with Crippen LogP contribution in [0.2, 0.25) is 0 Å². The van der Waals surface area contributed by atoms with Crippen molar-refractivity contribution in [3.8, 4) is 0 Å². The average Bonchev–Trinajstić information content (AvgIpc) is 2.51. The van der Waals surface area contributed by atoms with E-state index < -0.39 is 5.60 Å². The summed E-state index contributed by atoms with van der Waals surface area (Å²) in [5, 5.41) is 9.27. The largest absolute Gasteiger partial charge is 0.444 e. The highest BCUT2D eigenvalue weighted by atomic mass is 16.6. The number of hydrogen-bond donors (Lipinski definition) is 3. The van der Waals surface area contributed by atoms with E-state index >= 15 is 0 Å². The number of carbonyl (C=O) groups is 1. The molecule has 0 radical (unpaired) electrons. The van der Waals surface area contributed by atoms with Crippen LogP contribution in [0, 0.1) is 6.92 Å². The van der Waals surface area contributed by atoms with E-state index in [0.29, 0.717) is 6.54 Å². The predicted octanol–water partition coefficient (Wildman–Crippen LogP) is 2.62. The molecule has 0 heterocycles. The molecule has 1 aromatic carbocycles. The van der Waals surface area contributed by atoms with Crippen molar-refractivity contribution in [3.05, 3.63) is 35.4 Å².